The van der Waals surface area contributed by atoms with Crippen molar-refractivity contribution >= 4 is 27.0 Å². The van der Waals surface area contributed by atoms with Gasteiger partial charge < -0.3 is 5.11 Å². The van der Waals surface area contributed by atoms with Crippen LogP contribution in [0.5, 0.6) is 5.75 Å². The number of sulfonamides is 1. The molecule has 0 atom stereocenters. The Morgan fingerprint density at radius 2 is 1.95 bits per heavy atom. The van der Waals surface area contributed by atoms with Crippen LogP contribution in [0.2, 0.25) is 0 Å². The molecule has 5 nitrogen and oxygen atoms in total. The largest absolute Gasteiger partial charge is 0.505 e. The van der Waals surface area contributed by atoms with Crippen molar-refractivity contribution in [3.63, 3.8) is 0 Å². The monoisotopic (exact) mass is 298 g/mol. The molecule has 19 heavy (non-hydrogen) atoms. The third kappa shape index (κ3) is 2.87. The van der Waals surface area contributed by atoms with E-state index in [4.69, 9.17) is 0 Å². The molecule has 0 saturated heterocycles. The first-order chi connectivity index (χ1) is 8.79. The Morgan fingerprint density at radius 3 is 2.53 bits per heavy atom. The molecule has 1 aromatic heterocycles. The summed E-state index contributed by atoms with van der Waals surface area (Å²) in [5, 5.41) is 10.6. The number of hydrogen-bond acceptors (Lipinski definition) is 5. The van der Waals surface area contributed by atoms with E-state index in [1.54, 1.807) is 26.0 Å². The predicted octanol–water partition coefficient (Wildman–Crippen LogP) is 2.57. The molecule has 0 bridgehead atoms. The van der Waals surface area contributed by atoms with Crippen molar-refractivity contribution in [3.8, 4) is 5.75 Å². The van der Waals surface area contributed by atoms with Crippen LogP contribution in [-0.2, 0) is 10.0 Å². The van der Waals surface area contributed by atoms with Gasteiger partial charge in [-0.2, -0.15) is 0 Å². The SMILES string of the molecule is Cc1cc(C)c(O)c(NS(=O)(=O)c2cnc(C)s2)c1. The predicted molar refractivity (Wildman–Crippen MR) is 75.2 cm³/mol. The van der Waals surface area contributed by atoms with Crippen molar-refractivity contribution in [2.45, 2.75) is 25.0 Å². The standard InChI is InChI=1S/C12H14N2O3S2/c1-7-4-8(2)12(15)10(5-7)14-19(16,17)11-6-13-9(3)18-11/h4-6,14-15H,1-3H3. The van der Waals surface area contributed by atoms with Crippen molar-refractivity contribution in [2.75, 3.05) is 4.72 Å². The van der Waals surface area contributed by atoms with Gasteiger partial charge in [-0.25, -0.2) is 13.4 Å². The van der Waals surface area contributed by atoms with E-state index >= 15 is 0 Å². The molecule has 0 spiro atoms. The third-order valence-corrected chi connectivity index (χ3v) is 5.29. The highest BCUT2D eigenvalue weighted by Crippen LogP contribution is 2.31. The maximum absolute atomic E-state index is 12.1. The highest BCUT2D eigenvalue weighted by Gasteiger charge is 2.19. The highest BCUT2D eigenvalue weighted by molar-refractivity contribution is 7.94. The summed E-state index contributed by atoms with van der Waals surface area (Å²) < 4.78 is 26.8. The summed E-state index contributed by atoms with van der Waals surface area (Å²) in [5.74, 6) is -0.0598. The summed E-state index contributed by atoms with van der Waals surface area (Å²) in [6.45, 7) is 5.29. The lowest BCUT2D eigenvalue weighted by Crippen LogP contribution is -2.12. The Bertz CT molecular complexity index is 721. The van der Waals surface area contributed by atoms with Gasteiger partial charge in [0.25, 0.3) is 10.0 Å². The van der Waals surface area contributed by atoms with Gasteiger partial charge in [-0.15, -0.1) is 11.3 Å². The number of aryl methyl sites for hydroxylation is 3. The second-order valence-electron chi connectivity index (χ2n) is 4.28. The molecule has 0 radical (unpaired) electrons. The lowest BCUT2D eigenvalue weighted by molar-refractivity contribution is 0.473. The second kappa shape index (κ2) is 4.82. The van der Waals surface area contributed by atoms with Crippen LogP contribution < -0.4 is 4.72 Å². The summed E-state index contributed by atoms with van der Waals surface area (Å²) in [5.41, 5.74) is 1.68. The number of benzene rings is 1. The molecule has 2 N–H and O–H groups in total. The van der Waals surface area contributed by atoms with Gasteiger partial charge >= 0.3 is 0 Å². The summed E-state index contributed by atoms with van der Waals surface area (Å²) >= 11 is 1.08. The number of nitrogens with zero attached hydrogens (tertiary/aromatic N) is 1. The average Bonchev–Trinajstić information content (AvgIpc) is 2.72. The van der Waals surface area contributed by atoms with E-state index in [9.17, 15) is 13.5 Å². The lowest BCUT2D eigenvalue weighted by Gasteiger charge is -2.11. The van der Waals surface area contributed by atoms with Crippen LogP contribution in [0.15, 0.2) is 22.5 Å². The summed E-state index contributed by atoms with van der Waals surface area (Å²) in [6.07, 6.45) is 1.31. The Labute approximate surface area is 116 Å². The average molecular weight is 298 g/mol. The van der Waals surface area contributed by atoms with Crippen LogP contribution in [0, 0.1) is 20.8 Å². The first kappa shape index (κ1) is 13.8. The van der Waals surface area contributed by atoms with Crippen LogP contribution in [0.3, 0.4) is 0 Å². The minimum atomic E-state index is -3.70. The summed E-state index contributed by atoms with van der Waals surface area (Å²) in [7, 11) is -3.70. The molecule has 102 valence electrons. The first-order valence-corrected chi connectivity index (χ1v) is 7.85. The van der Waals surface area contributed by atoms with Gasteiger partial charge in [0.15, 0.2) is 4.21 Å². The number of phenols is 1. The number of nitrogens with one attached hydrogen (secondary N) is 1. The van der Waals surface area contributed by atoms with E-state index in [0.29, 0.717) is 10.6 Å². The number of thiazole rings is 1. The van der Waals surface area contributed by atoms with Crippen molar-refractivity contribution in [2.24, 2.45) is 0 Å². The molecule has 1 aromatic carbocycles. The molecule has 0 amide bonds. The van der Waals surface area contributed by atoms with E-state index in [0.717, 1.165) is 16.9 Å². The number of aromatic hydroxyl groups is 1. The van der Waals surface area contributed by atoms with Crippen LogP contribution in [0.1, 0.15) is 16.1 Å². The van der Waals surface area contributed by atoms with Gasteiger partial charge in [0.1, 0.15) is 5.75 Å². The zero-order valence-electron chi connectivity index (χ0n) is 10.8. The molecule has 2 aromatic rings. The van der Waals surface area contributed by atoms with E-state index in [-0.39, 0.29) is 15.6 Å². The van der Waals surface area contributed by atoms with Gasteiger partial charge in [0.05, 0.1) is 16.9 Å². The molecular weight excluding hydrogens is 284 g/mol. The normalized spacial score (nSPS) is 11.5. The van der Waals surface area contributed by atoms with Crippen molar-refractivity contribution in [1.82, 2.24) is 4.98 Å². The quantitative estimate of drug-likeness (QED) is 0.854. The Morgan fingerprint density at radius 1 is 1.26 bits per heavy atom. The zero-order valence-corrected chi connectivity index (χ0v) is 12.4. The van der Waals surface area contributed by atoms with Crippen molar-refractivity contribution in [3.05, 3.63) is 34.5 Å². The smallest absolute Gasteiger partial charge is 0.273 e. The maximum atomic E-state index is 12.1. The highest BCUT2D eigenvalue weighted by atomic mass is 32.2. The number of phenolic OH excluding ortho intramolecular Hbond substituents is 1. The lowest BCUT2D eigenvalue weighted by atomic mass is 10.1. The van der Waals surface area contributed by atoms with E-state index < -0.39 is 10.0 Å². The minimum Gasteiger partial charge on any atom is -0.505 e. The topological polar surface area (TPSA) is 79.3 Å². The van der Waals surface area contributed by atoms with Crippen LogP contribution in [0.4, 0.5) is 5.69 Å². The molecule has 2 rings (SSSR count). The van der Waals surface area contributed by atoms with E-state index in [1.165, 1.54) is 6.20 Å². The Hall–Kier alpha value is -1.60. The molecule has 0 aliphatic carbocycles. The van der Waals surface area contributed by atoms with Crippen LogP contribution >= 0.6 is 11.3 Å². The maximum Gasteiger partial charge on any atom is 0.273 e. The molecule has 0 unspecified atom stereocenters. The third-order valence-electron chi connectivity index (χ3n) is 2.55. The Balaban J connectivity index is 2.41. The molecule has 0 fully saturated rings. The van der Waals surface area contributed by atoms with Crippen LogP contribution in [-0.4, -0.2) is 18.5 Å². The molecule has 0 aliphatic rings. The van der Waals surface area contributed by atoms with Crippen molar-refractivity contribution in [1.29, 1.82) is 0 Å². The van der Waals surface area contributed by atoms with Gasteiger partial charge in [-0.1, -0.05) is 6.07 Å². The van der Waals surface area contributed by atoms with Crippen LogP contribution in [0.25, 0.3) is 0 Å². The van der Waals surface area contributed by atoms with Gasteiger partial charge in [0, 0.05) is 0 Å². The van der Waals surface area contributed by atoms with Gasteiger partial charge in [-0.05, 0) is 38.0 Å². The number of rotatable bonds is 3. The van der Waals surface area contributed by atoms with Crippen molar-refractivity contribution < 1.29 is 13.5 Å². The molecular formula is C12H14N2O3S2. The number of hydrogen-bond donors (Lipinski definition) is 2. The Kier molecular flexibility index (Phi) is 3.51. The number of aromatic nitrogens is 1. The number of anilines is 1. The fourth-order valence-electron chi connectivity index (χ4n) is 1.70. The van der Waals surface area contributed by atoms with Gasteiger partial charge in [0.2, 0.25) is 0 Å². The van der Waals surface area contributed by atoms with E-state index in [2.05, 4.69) is 9.71 Å². The molecule has 0 saturated carbocycles. The first-order valence-electron chi connectivity index (χ1n) is 5.55. The fourth-order valence-corrected chi connectivity index (χ4v) is 3.86. The van der Waals surface area contributed by atoms with Gasteiger partial charge in [-0.3, -0.25) is 4.72 Å². The second-order valence-corrected chi connectivity index (χ2v) is 7.43. The van der Waals surface area contributed by atoms with E-state index in [1.807, 2.05) is 6.92 Å². The minimum absolute atomic E-state index is 0.0598. The summed E-state index contributed by atoms with van der Waals surface area (Å²) in [6, 6.07) is 3.37. The summed E-state index contributed by atoms with van der Waals surface area (Å²) in [4.78, 5) is 3.92. The molecule has 0 aliphatic heterocycles. The zero-order chi connectivity index (χ0) is 14.2. The molecule has 7 heteroatoms. The molecule has 1 heterocycles. The fraction of sp³-hybridized carbons (Fsp3) is 0.250.